The van der Waals surface area contributed by atoms with Crippen LogP contribution in [0.1, 0.15) is 16.9 Å². The molecule has 2 aromatic heterocycles. The number of benzene rings is 3. The molecule has 1 saturated heterocycles. The van der Waals surface area contributed by atoms with Crippen molar-refractivity contribution < 1.29 is 23.2 Å². The highest BCUT2D eigenvalue weighted by atomic mass is 19.1. The van der Waals surface area contributed by atoms with E-state index in [2.05, 4.69) is 20.4 Å². The lowest BCUT2D eigenvalue weighted by Crippen LogP contribution is -2.44. The standard InChI is InChI=1S/C28H23F2N7O3/c29-16-11-23(36(12-16)24(38)13-37-22-7-2-1-4-18(22)26(35-37)27(31)39)28(40)34-20-6-3-5-17(25(20)30)15-8-9-19-21(10-15)33-14-32-19/h1-10,14,16,23H,11-13H2,(H2,31,39)(H,32,33)(H,34,40)/t16-,23+/m1/s1. The number of hydrogen-bond acceptors (Lipinski definition) is 5. The summed E-state index contributed by atoms with van der Waals surface area (Å²) in [5, 5.41) is 7.17. The van der Waals surface area contributed by atoms with Gasteiger partial charge in [-0.25, -0.2) is 13.8 Å². The predicted octanol–water partition coefficient (Wildman–Crippen LogP) is 3.40. The average Bonchev–Trinajstić information content (AvgIpc) is 3.66. The molecule has 4 N–H and O–H groups in total. The number of nitrogens with two attached hydrogens (primary N) is 1. The lowest BCUT2D eigenvalue weighted by atomic mass is 10.0. The highest BCUT2D eigenvalue weighted by Crippen LogP contribution is 2.30. The molecule has 0 bridgehead atoms. The van der Waals surface area contributed by atoms with Crippen LogP contribution < -0.4 is 11.1 Å². The minimum absolute atomic E-state index is 0.00396. The zero-order chi connectivity index (χ0) is 28.0. The van der Waals surface area contributed by atoms with E-state index in [0.717, 1.165) is 10.4 Å². The quantitative estimate of drug-likeness (QED) is 0.301. The molecular weight excluding hydrogens is 520 g/mol. The summed E-state index contributed by atoms with van der Waals surface area (Å²) < 4.78 is 31.3. The zero-order valence-electron chi connectivity index (χ0n) is 21.0. The smallest absolute Gasteiger partial charge is 0.269 e. The summed E-state index contributed by atoms with van der Waals surface area (Å²) in [5.74, 6) is -2.71. The van der Waals surface area contributed by atoms with Crippen molar-refractivity contribution in [2.45, 2.75) is 25.2 Å². The van der Waals surface area contributed by atoms with Crippen LogP contribution in [0.25, 0.3) is 33.1 Å². The van der Waals surface area contributed by atoms with Gasteiger partial charge < -0.3 is 20.9 Å². The third-order valence-electron chi connectivity index (χ3n) is 7.04. The van der Waals surface area contributed by atoms with E-state index < -0.39 is 35.8 Å². The number of rotatable bonds is 6. The molecule has 202 valence electrons. The Bertz CT molecular complexity index is 1800. The van der Waals surface area contributed by atoms with E-state index in [1.807, 2.05) is 0 Å². The number of H-pyrrole nitrogens is 1. The maximum Gasteiger partial charge on any atom is 0.269 e. The van der Waals surface area contributed by atoms with E-state index in [9.17, 15) is 18.8 Å². The van der Waals surface area contributed by atoms with Crippen molar-refractivity contribution in [1.29, 1.82) is 0 Å². The van der Waals surface area contributed by atoms with Crippen molar-refractivity contribution in [1.82, 2.24) is 24.6 Å². The van der Waals surface area contributed by atoms with Gasteiger partial charge in [0.1, 0.15) is 18.8 Å². The number of para-hydroxylation sites is 1. The van der Waals surface area contributed by atoms with Gasteiger partial charge in [0.05, 0.1) is 35.1 Å². The first-order valence-corrected chi connectivity index (χ1v) is 12.5. The number of fused-ring (bicyclic) bond motifs is 2. The van der Waals surface area contributed by atoms with Crippen LogP contribution in [0, 0.1) is 5.82 Å². The summed E-state index contributed by atoms with van der Waals surface area (Å²) in [6.45, 7) is -0.644. The topological polar surface area (TPSA) is 139 Å². The number of carbonyl (C=O) groups is 3. The number of likely N-dealkylation sites (tertiary alicyclic amines) is 1. The van der Waals surface area contributed by atoms with E-state index in [1.54, 1.807) is 60.9 Å². The van der Waals surface area contributed by atoms with Crippen LogP contribution in [0.3, 0.4) is 0 Å². The predicted molar refractivity (Wildman–Crippen MR) is 143 cm³/mol. The maximum absolute atomic E-state index is 15.5. The van der Waals surface area contributed by atoms with Gasteiger partial charge in [0.25, 0.3) is 5.91 Å². The van der Waals surface area contributed by atoms with Crippen molar-refractivity contribution in [3.05, 3.63) is 78.5 Å². The molecular formula is C28H23F2N7O3. The largest absolute Gasteiger partial charge is 0.364 e. The fourth-order valence-electron chi connectivity index (χ4n) is 5.12. The van der Waals surface area contributed by atoms with Crippen LogP contribution >= 0.6 is 0 Å². The first-order chi connectivity index (χ1) is 19.3. The first-order valence-electron chi connectivity index (χ1n) is 12.5. The molecule has 10 nitrogen and oxygen atoms in total. The monoisotopic (exact) mass is 543 g/mol. The second kappa shape index (κ2) is 9.88. The number of hydrogen-bond donors (Lipinski definition) is 3. The Morgan fingerprint density at radius 2 is 1.93 bits per heavy atom. The minimum atomic E-state index is -1.44. The summed E-state index contributed by atoms with van der Waals surface area (Å²) in [6.07, 6.45) is -0.132. The van der Waals surface area contributed by atoms with Gasteiger partial charge in [0.2, 0.25) is 11.8 Å². The molecule has 1 aliphatic rings. The molecule has 6 rings (SSSR count). The number of nitrogens with zero attached hydrogens (tertiary/aromatic N) is 4. The van der Waals surface area contributed by atoms with E-state index in [-0.39, 0.29) is 36.5 Å². The summed E-state index contributed by atoms with van der Waals surface area (Å²) in [4.78, 5) is 46.6. The van der Waals surface area contributed by atoms with Gasteiger partial charge in [-0.05, 0) is 29.8 Å². The number of halogens is 2. The second-order valence-electron chi connectivity index (χ2n) is 9.57. The Labute approximate surface area is 225 Å². The van der Waals surface area contributed by atoms with Crippen molar-refractivity contribution in [3.63, 3.8) is 0 Å². The van der Waals surface area contributed by atoms with Gasteiger partial charge in [-0.1, -0.05) is 36.4 Å². The molecule has 0 aliphatic carbocycles. The number of carbonyl (C=O) groups excluding carboxylic acids is 3. The Morgan fingerprint density at radius 3 is 2.75 bits per heavy atom. The van der Waals surface area contributed by atoms with Crippen molar-refractivity contribution in [2.75, 3.05) is 11.9 Å². The van der Waals surface area contributed by atoms with E-state index in [1.165, 1.54) is 10.7 Å². The molecule has 2 atom stereocenters. The number of primary amides is 1. The lowest BCUT2D eigenvalue weighted by molar-refractivity contribution is -0.137. The Morgan fingerprint density at radius 1 is 1.10 bits per heavy atom. The van der Waals surface area contributed by atoms with Gasteiger partial charge in [-0.2, -0.15) is 5.10 Å². The molecule has 40 heavy (non-hydrogen) atoms. The summed E-state index contributed by atoms with van der Waals surface area (Å²) in [6, 6.07) is 15.4. The third-order valence-corrected chi connectivity index (χ3v) is 7.04. The van der Waals surface area contributed by atoms with Crippen molar-refractivity contribution in [2.24, 2.45) is 5.73 Å². The molecule has 12 heteroatoms. The summed E-state index contributed by atoms with van der Waals surface area (Å²) >= 11 is 0. The van der Waals surface area contributed by atoms with Gasteiger partial charge in [-0.3, -0.25) is 19.1 Å². The number of nitrogens with one attached hydrogen (secondary N) is 2. The van der Waals surface area contributed by atoms with Crippen LogP contribution in [0.4, 0.5) is 14.5 Å². The molecule has 3 aromatic carbocycles. The number of aromatic amines is 1. The van der Waals surface area contributed by atoms with Crippen molar-refractivity contribution in [3.8, 4) is 11.1 Å². The van der Waals surface area contributed by atoms with Crippen LogP contribution in [-0.2, 0) is 16.1 Å². The second-order valence-corrected chi connectivity index (χ2v) is 9.57. The summed E-state index contributed by atoms with van der Waals surface area (Å²) in [5.41, 5.74) is 8.11. The fourth-order valence-corrected chi connectivity index (χ4v) is 5.12. The summed E-state index contributed by atoms with van der Waals surface area (Å²) in [7, 11) is 0. The highest BCUT2D eigenvalue weighted by molar-refractivity contribution is 6.04. The molecule has 0 unspecified atom stereocenters. The number of alkyl halides is 1. The van der Waals surface area contributed by atoms with Crippen LogP contribution in [0.5, 0.6) is 0 Å². The zero-order valence-corrected chi connectivity index (χ0v) is 21.0. The number of aromatic nitrogens is 4. The van der Waals surface area contributed by atoms with Crippen LogP contribution in [-0.4, -0.2) is 61.1 Å². The van der Waals surface area contributed by atoms with E-state index >= 15 is 4.39 Å². The first kappa shape index (κ1) is 25.2. The normalized spacial score (nSPS) is 17.0. The Balaban J connectivity index is 1.23. The Kier molecular flexibility index (Phi) is 6.21. The Hall–Kier alpha value is -5.13. The molecule has 5 aromatic rings. The van der Waals surface area contributed by atoms with Crippen LogP contribution in [0.15, 0.2) is 67.0 Å². The average molecular weight is 544 g/mol. The number of amides is 3. The fraction of sp³-hybridized carbons (Fsp3) is 0.179. The molecule has 3 amide bonds. The van der Waals surface area contributed by atoms with E-state index in [0.29, 0.717) is 22.0 Å². The molecule has 1 fully saturated rings. The van der Waals surface area contributed by atoms with Gasteiger partial charge in [0, 0.05) is 17.4 Å². The number of anilines is 1. The van der Waals surface area contributed by atoms with Gasteiger partial charge >= 0.3 is 0 Å². The molecule has 1 aliphatic heterocycles. The van der Waals surface area contributed by atoms with Gasteiger partial charge in [0.15, 0.2) is 11.5 Å². The maximum atomic E-state index is 15.5. The van der Waals surface area contributed by atoms with E-state index in [4.69, 9.17) is 5.73 Å². The molecule has 0 saturated carbocycles. The van der Waals surface area contributed by atoms with Crippen LogP contribution in [0.2, 0.25) is 0 Å². The minimum Gasteiger partial charge on any atom is -0.364 e. The molecule has 0 spiro atoms. The van der Waals surface area contributed by atoms with Crippen molar-refractivity contribution >= 4 is 45.3 Å². The molecule has 0 radical (unpaired) electrons. The highest BCUT2D eigenvalue weighted by Gasteiger charge is 2.40. The number of imidazole rings is 1. The third kappa shape index (κ3) is 4.42. The lowest BCUT2D eigenvalue weighted by Gasteiger charge is -2.24. The van der Waals surface area contributed by atoms with Gasteiger partial charge in [-0.15, -0.1) is 0 Å². The molecule has 3 heterocycles. The SMILES string of the molecule is NC(=O)c1nn(CC(=O)N2C[C@H](F)C[C@H]2C(=O)Nc2cccc(-c3ccc4[nH]cnc4c3)c2F)c2ccccc12.